The fraction of sp³-hybridized carbons (Fsp3) is 0.400. The third-order valence-corrected chi connectivity index (χ3v) is 3.20. The van der Waals surface area contributed by atoms with Crippen LogP contribution in [-0.2, 0) is 6.42 Å². The van der Waals surface area contributed by atoms with Crippen LogP contribution in [0.25, 0.3) is 0 Å². The summed E-state index contributed by atoms with van der Waals surface area (Å²) >= 11 is 5.90. The minimum atomic E-state index is 0.193. The third kappa shape index (κ3) is 5.19. The lowest BCUT2D eigenvalue weighted by molar-refractivity contribution is 0.698. The monoisotopic (exact) mass is 305 g/mol. The Bertz CT molecular complexity index is 561. The maximum Gasteiger partial charge on any atom is 0.229 e. The Labute approximate surface area is 130 Å². The minimum absolute atomic E-state index is 0.193. The molecule has 0 radical (unpaired) electrons. The van der Waals surface area contributed by atoms with Gasteiger partial charge in [0.15, 0.2) is 0 Å². The lowest BCUT2D eigenvalue weighted by atomic mass is 10.1. The van der Waals surface area contributed by atoms with Crippen LogP contribution in [0.5, 0.6) is 0 Å². The SMILES string of the molecule is CCNc1nc(Cl)nc(NC(C)CCc2ccccc2)n1. The minimum Gasteiger partial charge on any atom is -0.354 e. The molecule has 0 spiro atoms. The maximum atomic E-state index is 5.90. The van der Waals surface area contributed by atoms with Gasteiger partial charge >= 0.3 is 0 Å². The summed E-state index contributed by atoms with van der Waals surface area (Å²) in [6.07, 6.45) is 2.00. The molecule has 5 nitrogen and oxygen atoms in total. The Balaban J connectivity index is 1.91. The predicted octanol–water partition coefficient (Wildman–Crippen LogP) is 3.39. The van der Waals surface area contributed by atoms with Crippen LogP contribution in [0.4, 0.5) is 11.9 Å². The zero-order chi connectivity index (χ0) is 15.1. The quantitative estimate of drug-likeness (QED) is 0.821. The molecule has 0 saturated carbocycles. The fourth-order valence-electron chi connectivity index (χ4n) is 1.97. The number of benzene rings is 1. The summed E-state index contributed by atoms with van der Waals surface area (Å²) in [7, 11) is 0. The molecular formula is C15H20ClN5. The molecule has 0 amide bonds. The van der Waals surface area contributed by atoms with E-state index in [9.17, 15) is 0 Å². The van der Waals surface area contributed by atoms with Gasteiger partial charge in [-0.15, -0.1) is 0 Å². The Morgan fingerprint density at radius 1 is 1.10 bits per heavy atom. The Kier molecular flexibility index (Phi) is 5.75. The first kappa shape index (κ1) is 15.5. The van der Waals surface area contributed by atoms with Gasteiger partial charge in [0, 0.05) is 12.6 Å². The van der Waals surface area contributed by atoms with Gasteiger partial charge in [-0.1, -0.05) is 30.3 Å². The van der Waals surface area contributed by atoms with Gasteiger partial charge in [0.25, 0.3) is 0 Å². The number of nitrogens with zero attached hydrogens (tertiary/aromatic N) is 3. The van der Waals surface area contributed by atoms with Crippen LogP contribution >= 0.6 is 11.6 Å². The van der Waals surface area contributed by atoms with Crippen molar-refractivity contribution in [1.29, 1.82) is 0 Å². The summed E-state index contributed by atoms with van der Waals surface area (Å²) in [5.74, 6) is 1.00. The van der Waals surface area contributed by atoms with Gasteiger partial charge < -0.3 is 10.6 Å². The van der Waals surface area contributed by atoms with Crippen LogP contribution in [-0.4, -0.2) is 27.5 Å². The molecule has 1 heterocycles. The molecule has 0 aliphatic rings. The molecular weight excluding hydrogens is 286 g/mol. The van der Waals surface area contributed by atoms with Crippen molar-refractivity contribution < 1.29 is 0 Å². The average molecular weight is 306 g/mol. The van der Waals surface area contributed by atoms with E-state index in [-0.39, 0.29) is 11.3 Å². The van der Waals surface area contributed by atoms with E-state index in [4.69, 9.17) is 11.6 Å². The maximum absolute atomic E-state index is 5.90. The summed E-state index contributed by atoms with van der Waals surface area (Å²) in [5.41, 5.74) is 1.33. The zero-order valence-corrected chi connectivity index (χ0v) is 13.1. The van der Waals surface area contributed by atoms with Crippen LogP contribution in [0, 0.1) is 0 Å². The van der Waals surface area contributed by atoms with E-state index >= 15 is 0 Å². The highest BCUT2D eigenvalue weighted by Gasteiger charge is 2.08. The summed E-state index contributed by atoms with van der Waals surface area (Å²) in [5, 5.41) is 6.49. The van der Waals surface area contributed by atoms with Crippen LogP contribution in [0.2, 0.25) is 5.28 Å². The molecule has 1 aromatic heterocycles. The number of aryl methyl sites for hydroxylation is 1. The van der Waals surface area contributed by atoms with Gasteiger partial charge in [-0.25, -0.2) is 0 Å². The standard InChI is InChI=1S/C15H20ClN5/c1-3-17-14-19-13(16)20-15(21-14)18-11(2)9-10-12-7-5-4-6-8-12/h4-8,11H,3,9-10H2,1-2H3,(H2,17,18,19,20,21). The predicted molar refractivity (Wildman–Crippen MR) is 86.8 cm³/mol. The summed E-state index contributed by atoms with van der Waals surface area (Å²) in [6, 6.07) is 10.7. The highest BCUT2D eigenvalue weighted by molar-refractivity contribution is 6.28. The van der Waals surface area contributed by atoms with Gasteiger partial charge in [0.1, 0.15) is 0 Å². The smallest absolute Gasteiger partial charge is 0.229 e. The Hall–Kier alpha value is -1.88. The second kappa shape index (κ2) is 7.78. The van der Waals surface area contributed by atoms with Gasteiger partial charge in [-0.3, -0.25) is 0 Å². The van der Waals surface area contributed by atoms with E-state index in [1.807, 2.05) is 13.0 Å². The molecule has 1 aromatic carbocycles. The Morgan fingerprint density at radius 2 is 1.81 bits per heavy atom. The number of aromatic nitrogens is 3. The van der Waals surface area contributed by atoms with Gasteiger partial charge in [0.05, 0.1) is 0 Å². The number of halogens is 1. The molecule has 2 aromatic rings. The van der Waals surface area contributed by atoms with Gasteiger partial charge in [-0.05, 0) is 43.9 Å². The first-order chi connectivity index (χ1) is 10.2. The van der Waals surface area contributed by atoms with Gasteiger partial charge in [0.2, 0.25) is 17.2 Å². The van der Waals surface area contributed by atoms with E-state index in [2.05, 4.69) is 56.8 Å². The van der Waals surface area contributed by atoms with E-state index in [1.54, 1.807) is 0 Å². The second-order valence-corrected chi connectivity index (χ2v) is 5.19. The largest absolute Gasteiger partial charge is 0.354 e. The highest BCUT2D eigenvalue weighted by Crippen LogP contribution is 2.12. The first-order valence-corrected chi connectivity index (χ1v) is 7.51. The highest BCUT2D eigenvalue weighted by atomic mass is 35.5. The normalized spacial score (nSPS) is 12.0. The molecule has 0 bridgehead atoms. The molecule has 0 fully saturated rings. The lowest BCUT2D eigenvalue weighted by Gasteiger charge is -2.14. The zero-order valence-electron chi connectivity index (χ0n) is 12.3. The molecule has 0 saturated heterocycles. The van der Waals surface area contributed by atoms with Crippen molar-refractivity contribution in [3.63, 3.8) is 0 Å². The molecule has 2 N–H and O–H groups in total. The van der Waals surface area contributed by atoms with Crippen molar-refractivity contribution in [2.45, 2.75) is 32.7 Å². The first-order valence-electron chi connectivity index (χ1n) is 7.13. The number of nitrogens with one attached hydrogen (secondary N) is 2. The van der Waals surface area contributed by atoms with Gasteiger partial charge in [-0.2, -0.15) is 15.0 Å². The molecule has 0 aliphatic heterocycles. The third-order valence-electron chi connectivity index (χ3n) is 3.03. The average Bonchev–Trinajstić information content (AvgIpc) is 2.46. The van der Waals surface area contributed by atoms with Crippen molar-refractivity contribution in [3.8, 4) is 0 Å². The summed E-state index contributed by atoms with van der Waals surface area (Å²) < 4.78 is 0. The number of hydrogen-bond acceptors (Lipinski definition) is 5. The fourth-order valence-corrected chi connectivity index (χ4v) is 2.13. The molecule has 0 aliphatic carbocycles. The van der Waals surface area contributed by atoms with Crippen LogP contribution in [0.15, 0.2) is 30.3 Å². The van der Waals surface area contributed by atoms with Crippen LogP contribution in [0.3, 0.4) is 0 Å². The Morgan fingerprint density at radius 3 is 2.52 bits per heavy atom. The second-order valence-electron chi connectivity index (χ2n) is 4.85. The van der Waals surface area contributed by atoms with E-state index in [0.717, 1.165) is 19.4 Å². The van der Waals surface area contributed by atoms with E-state index in [1.165, 1.54) is 5.56 Å². The van der Waals surface area contributed by atoms with Crippen molar-refractivity contribution in [2.75, 3.05) is 17.2 Å². The van der Waals surface area contributed by atoms with E-state index < -0.39 is 0 Å². The van der Waals surface area contributed by atoms with Crippen LogP contribution in [0.1, 0.15) is 25.8 Å². The van der Waals surface area contributed by atoms with E-state index in [0.29, 0.717) is 11.9 Å². The molecule has 1 unspecified atom stereocenters. The molecule has 2 rings (SSSR count). The number of anilines is 2. The molecule has 112 valence electrons. The van der Waals surface area contributed by atoms with Crippen molar-refractivity contribution >= 4 is 23.5 Å². The van der Waals surface area contributed by atoms with Crippen LogP contribution < -0.4 is 10.6 Å². The molecule has 6 heteroatoms. The summed E-state index contributed by atoms with van der Waals surface area (Å²) in [4.78, 5) is 12.4. The number of hydrogen-bond donors (Lipinski definition) is 2. The van der Waals surface area contributed by atoms with Crippen molar-refractivity contribution in [3.05, 3.63) is 41.2 Å². The topological polar surface area (TPSA) is 62.7 Å². The van der Waals surface area contributed by atoms with Crippen molar-refractivity contribution in [1.82, 2.24) is 15.0 Å². The number of rotatable bonds is 7. The van der Waals surface area contributed by atoms with Crippen molar-refractivity contribution in [2.24, 2.45) is 0 Å². The molecule has 21 heavy (non-hydrogen) atoms. The summed E-state index contributed by atoms with van der Waals surface area (Å²) in [6.45, 7) is 4.82. The lowest BCUT2D eigenvalue weighted by Crippen LogP contribution is -2.19. The molecule has 1 atom stereocenters.